The van der Waals surface area contributed by atoms with Crippen LogP contribution in [0.2, 0.25) is 0 Å². The maximum Gasteiger partial charge on any atom is 0.123 e. The van der Waals surface area contributed by atoms with E-state index in [1.807, 2.05) is 6.07 Å². The van der Waals surface area contributed by atoms with E-state index in [0.29, 0.717) is 19.1 Å². The average molecular weight is 296 g/mol. The van der Waals surface area contributed by atoms with Crippen molar-refractivity contribution in [3.8, 4) is 0 Å². The van der Waals surface area contributed by atoms with E-state index in [4.69, 9.17) is 4.74 Å². The van der Waals surface area contributed by atoms with E-state index in [9.17, 15) is 9.50 Å². The molecule has 5 heteroatoms. The zero-order valence-electron chi connectivity index (χ0n) is 12.6. The van der Waals surface area contributed by atoms with Crippen LogP contribution in [-0.2, 0) is 11.3 Å². The molecule has 1 aliphatic heterocycles. The van der Waals surface area contributed by atoms with Crippen LogP contribution in [0.15, 0.2) is 18.2 Å². The van der Waals surface area contributed by atoms with Gasteiger partial charge in [0.05, 0.1) is 6.61 Å². The standard InChI is InChI=1S/C16H25FN2O2/c1-21-8-6-18-10-14-9-15(17)4-5-16(14)19-7-2-3-13(11-19)12-20/h4-5,9,13,18,20H,2-3,6-8,10-12H2,1H3. The van der Waals surface area contributed by atoms with Crippen molar-refractivity contribution in [3.63, 3.8) is 0 Å². The van der Waals surface area contributed by atoms with Gasteiger partial charge in [-0.15, -0.1) is 0 Å². The third kappa shape index (κ3) is 4.66. The Hall–Kier alpha value is -1.17. The second kappa shape index (κ2) is 8.32. The van der Waals surface area contributed by atoms with Crippen LogP contribution in [0.1, 0.15) is 18.4 Å². The molecule has 1 aliphatic rings. The molecule has 1 aromatic rings. The lowest BCUT2D eigenvalue weighted by molar-refractivity contribution is 0.199. The molecule has 1 aromatic carbocycles. The van der Waals surface area contributed by atoms with Crippen LogP contribution in [0.25, 0.3) is 0 Å². The van der Waals surface area contributed by atoms with E-state index in [-0.39, 0.29) is 12.4 Å². The zero-order chi connectivity index (χ0) is 15.1. The van der Waals surface area contributed by atoms with Crippen molar-refractivity contribution in [3.05, 3.63) is 29.6 Å². The molecule has 21 heavy (non-hydrogen) atoms. The number of aliphatic hydroxyl groups is 1. The average Bonchev–Trinajstić information content (AvgIpc) is 2.52. The first kappa shape index (κ1) is 16.2. The molecule has 1 atom stereocenters. The number of nitrogens with zero attached hydrogens (tertiary/aromatic N) is 1. The van der Waals surface area contributed by atoms with Gasteiger partial charge in [-0.3, -0.25) is 0 Å². The molecule has 1 saturated heterocycles. The van der Waals surface area contributed by atoms with Crippen LogP contribution in [0.5, 0.6) is 0 Å². The van der Waals surface area contributed by atoms with Gasteiger partial charge in [0.25, 0.3) is 0 Å². The summed E-state index contributed by atoms with van der Waals surface area (Å²) < 4.78 is 18.5. The number of aliphatic hydroxyl groups excluding tert-OH is 1. The molecule has 0 radical (unpaired) electrons. The predicted molar refractivity (Wildman–Crippen MR) is 82.0 cm³/mol. The highest BCUT2D eigenvalue weighted by Crippen LogP contribution is 2.27. The maximum absolute atomic E-state index is 13.5. The zero-order valence-corrected chi connectivity index (χ0v) is 12.6. The molecule has 1 heterocycles. The minimum absolute atomic E-state index is 0.210. The highest BCUT2D eigenvalue weighted by atomic mass is 19.1. The lowest BCUT2D eigenvalue weighted by Gasteiger charge is -2.35. The summed E-state index contributed by atoms with van der Waals surface area (Å²) in [5.74, 6) is 0.108. The molecule has 2 N–H and O–H groups in total. The van der Waals surface area contributed by atoms with Gasteiger partial charge in [-0.2, -0.15) is 0 Å². The van der Waals surface area contributed by atoms with E-state index in [2.05, 4.69) is 10.2 Å². The third-order valence-electron chi connectivity index (χ3n) is 3.96. The Balaban J connectivity index is 2.06. The van der Waals surface area contributed by atoms with Gasteiger partial charge in [-0.25, -0.2) is 4.39 Å². The SMILES string of the molecule is COCCNCc1cc(F)ccc1N1CCCC(CO)C1. The van der Waals surface area contributed by atoms with Gasteiger partial charge in [0, 0.05) is 45.6 Å². The number of hydrogen-bond acceptors (Lipinski definition) is 4. The number of methoxy groups -OCH3 is 1. The second-order valence-electron chi connectivity index (χ2n) is 5.58. The first-order valence-electron chi connectivity index (χ1n) is 7.58. The molecule has 4 nitrogen and oxygen atoms in total. The summed E-state index contributed by atoms with van der Waals surface area (Å²) >= 11 is 0. The van der Waals surface area contributed by atoms with Gasteiger partial charge >= 0.3 is 0 Å². The highest BCUT2D eigenvalue weighted by Gasteiger charge is 2.21. The number of benzene rings is 1. The van der Waals surface area contributed by atoms with Gasteiger partial charge in [0.2, 0.25) is 0 Å². The Morgan fingerprint density at radius 2 is 2.33 bits per heavy atom. The van der Waals surface area contributed by atoms with E-state index in [0.717, 1.165) is 43.7 Å². The number of ether oxygens (including phenoxy) is 1. The van der Waals surface area contributed by atoms with Crippen LogP contribution in [0.3, 0.4) is 0 Å². The number of halogens is 1. The Labute approximate surface area is 125 Å². The molecule has 0 aromatic heterocycles. The maximum atomic E-state index is 13.5. The molecule has 0 amide bonds. The molecule has 0 aliphatic carbocycles. The fourth-order valence-electron chi connectivity index (χ4n) is 2.83. The predicted octanol–water partition coefficient (Wildman–Crippen LogP) is 1.77. The molecule has 1 unspecified atom stereocenters. The van der Waals surface area contributed by atoms with Crippen molar-refractivity contribution in [2.75, 3.05) is 44.9 Å². The summed E-state index contributed by atoms with van der Waals surface area (Å²) in [6.45, 7) is 4.03. The Morgan fingerprint density at radius 3 is 3.10 bits per heavy atom. The molecule has 2 rings (SSSR count). The van der Waals surface area contributed by atoms with Crippen molar-refractivity contribution in [1.82, 2.24) is 5.32 Å². The van der Waals surface area contributed by atoms with Crippen LogP contribution in [0, 0.1) is 11.7 Å². The van der Waals surface area contributed by atoms with Crippen LogP contribution >= 0.6 is 0 Å². The Morgan fingerprint density at radius 1 is 1.48 bits per heavy atom. The number of rotatable bonds is 7. The largest absolute Gasteiger partial charge is 0.396 e. The number of anilines is 1. The molecule has 0 saturated carbocycles. The van der Waals surface area contributed by atoms with Gasteiger partial charge in [0.1, 0.15) is 5.82 Å². The first-order chi connectivity index (χ1) is 10.2. The van der Waals surface area contributed by atoms with Gasteiger partial charge in [-0.1, -0.05) is 0 Å². The molecule has 1 fully saturated rings. The fraction of sp³-hybridized carbons (Fsp3) is 0.625. The smallest absolute Gasteiger partial charge is 0.123 e. The summed E-state index contributed by atoms with van der Waals surface area (Å²) in [5, 5.41) is 12.6. The Kier molecular flexibility index (Phi) is 6.42. The van der Waals surface area contributed by atoms with Crippen LogP contribution in [0.4, 0.5) is 10.1 Å². The van der Waals surface area contributed by atoms with Crippen molar-refractivity contribution < 1.29 is 14.2 Å². The molecular weight excluding hydrogens is 271 g/mol. The molecule has 118 valence electrons. The lowest BCUT2D eigenvalue weighted by atomic mass is 9.97. The minimum Gasteiger partial charge on any atom is -0.396 e. The highest BCUT2D eigenvalue weighted by molar-refractivity contribution is 5.54. The second-order valence-corrected chi connectivity index (χ2v) is 5.58. The van der Waals surface area contributed by atoms with E-state index < -0.39 is 0 Å². The van der Waals surface area contributed by atoms with Crippen LogP contribution in [-0.4, -0.2) is 45.1 Å². The van der Waals surface area contributed by atoms with Crippen molar-refractivity contribution in [2.45, 2.75) is 19.4 Å². The molecule has 0 bridgehead atoms. The minimum atomic E-state index is -0.210. The van der Waals surface area contributed by atoms with E-state index in [1.54, 1.807) is 13.2 Å². The summed E-state index contributed by atoms with van der Waals surface area (Å²) in [6, 6.07) is 4.96. The normalized spacial score (nSPS) is 19.0. The van der Waals surface area contributed by atoms with Crippen LogP contribution < -0.4 is 10.2 Å². The number of nitrogens with one attached hydrogen (secondary N) is 1. The monoisotopic (exact) mass is 296 g/mol. The first-order valence-corrected chi connectivity index (χ1v) is 7.58. The van der Waals surface area contributed by atoms with Crippen molar-refractivity contribution in [2.24, 2.45) is 5.92 Å². The Bertz CT molecular complexity index is 442. The van der Waals surface area contributed by atoms with Crippen molar-refractivity contribution in [1.29, 1.82) is 0 Å². The summed E-state index contributed by atoms with van der Waals surface area (Å²) in [4.78, 5) is 2.26. The van der Waals surface area contributed by atoms with Gasteiger partial charge < -0.3 is 20.1 Å². The fourth-order valence-corrected chi connectivity index (χ4v) is 2.83. The molecule has 0 spiro atoms. The van der Waals surface area contributed by atoms with Crippen molar-refractivity contribution >= 4 is 5.69 Å². The lowest BCUT2D eigenvalue weighted by Crippen LogP contribution is -2.37. The molecular formula is C16H25FN2O2. The quantitative estimate of drug-likeness (QED) is 0.753. The summed E-state index contributed by atoms with van der Waals surface area (Å²) in [7, 11) is 1.66. The summed E-state index contributed by atoms with van der Waals surface area (Å²) in [6.07, 6.45) is 2.13. The number of hydrogen-bond donors (Lipinski definition) is 2. The van der Waals surface area contributed by atoms with Gasteiger partial charge in [0.15, 0.2) is 0 Å². The number of piperidine rings is 1. The summed E-state index contributed by atoms with van der Waals surface area (Å²) in [5.41, 5.74) is 2.03. The topological polar surface area (TPSA) is 44.7 Å². The van der Waals surface area contributed by atoms with E-state index >= 15 is 0 Å². The third-order valence-corrected chi connectivity index (χ3v) is 3.96. The van der Waals surface area contributed by atoms with E-state index in [1.165, 1.54) is 6.07 Å². The van der Waals surface area contributed by atoms with Gasteiger partial charge in [-0.05, 0) is 42.5 Å².